The van der Waals surface area contributed by atoms with Gasteiger partial charge in [-0.25, -0.2) is 12.8 Å². The van der Waals surface area contributed by atoms with E-state index in [2.05, 4.69) is 5.32 Å². The Bertz CT molecular complexity index is 1370. The van der Waals surface area contributed by atoms with E-state index in [4.69, 9.17) is 4.74 Å². The first-order valence-electron chi connectivity index (χ1n) is 12.6. The highest BCUT2D eigenvalue weighted by Crippen LogP contribution is 2.27. The number of nitrogens with one attached hydrogen (secondary N) is 1. The van der Waals surface area contributed by atoms with E-state index in [1.807, 2.05) is 13.8 Å². The van der Waals surface area contributed by atoms with Gasteiger partial charge in [0.05, 0.1) is 17.7 Å². The number of methoxy groups -OCH3 is 1. The Morgan fingerprint density at radius 1 is 0.949 bits per heavy atom. The molecule has 0 fully saturated rings. The van der Waals surface area contributed by atoms with Crippen molar-refractivity contribution in [3.05, 3.63) is 90.2 Å². The van der Waals surface area contributed by atoms with Crippen LogP contribution >= 0.6 is 0 Å². The quantitative estimate of drug-likeness (QED) is 0.358. The highest BCUT2D eigenvalue weighted by Gasteiger charge is 2.34. The number of benzene rings is 3. The number of anilines is 1. The van der Waals surface area contributed by atoms with E-state index in [9.17, 15) is 22.4 Å². The molecule has 3 aromatic rings. The third-order valence-electron chi connectivity index (χ3n) is 6.06. The van der Waals surface area contributed by atoms with Crippen LogP contribution in [0.1, 0.15) is 32.8 Å². The van der Waals surface area contributed by atoms with E-state index >= 15 is 0 Å². The SMILES string of the molecule is CC[C@H](C(=O)NC(C)C)N(Cc1ccc(OC)cc1)C(=O)CN(c1ccccc1F)S(=O)(=O)c1ccccc1. The number of amides is 2. The van der Waals surface area contributed by atoms with E-state index in [0.717, 1.165) is 10.4 Å². The highest BCUT2D eigenvalue weighted by molar-refractivity contribution is 7.92. The number of carbonyl (C=O) groups excluding carboxylic acids is 2. The summed E-state index contributed by atoms with van der Waals surface area (Å²) in [6, 6.07) is 18.8. The van der Waals surface area contributed by atoms with Gasteiger partial charge in [0.15, 0.2) is 0 Å². The maximum atomic E-state index is 14.9. The lowest BCUT2D eigenvalue weighted by Gasteiger charge is -2.33. The molecule has 0 bridgehead atoms. The average molecular weight is 556 g/mol. The van der Waals surface area contributed by atoms with Crippen LogP contribution in [0.5, 0.6) is 5.75 Å². The van der Waals surface area contributed by atoms with E-state index in [0.29, 0.717) is 11.3 Å². The molecule has 0 unspecified atom stereocenters. The molecule has 1 N–H and O–H groups in total. The monoisotopic (exact) mass is 555 g/mol. The molecule has 2 amide bonds. The Morgan fingerprint density at radius 2 is 1.56 bits per heavy atom. The third kappa shape index (κ3) is 7.35. The summed E-state index contributed by atoms with van der Waals surface area (Å²) in [7, 11) is -2.79. The maximum absolute atomic E-state index is 14.9. The zero-order valence-electron chi connectivity index (χ0n) is 22.5. The molecule has 3 aromatic carbocycles. The lowest BCUT2D eigenvalue weighted by Crippen LogP contribution is -2.53. The summed E-state index contributed by atoms with van der Waals surface area (Å²) in [5.74, 6) is -1.19. The molecule has 10 heteroatoms. The predicted octanol–water partition coefficient (Wildman–Crippen LogP) is 4.36. The second-order valence-electron chi connectivity index (χ2n) is 9.23. The zero-order valence-corrected chi connectivity index (χ0v) is 23.3. The van der Waals surface area contributed by atoms with Crippen molar-refractivity contribution in [2.24, 2.45) is 0 Å². The molecule has 0 aliphatic heterocycles. The van der Waals surface area contributed by atoms with Crippen molar-refractivity contribution < 1.29 is 27.1 Å². The van der Waals surface area contributed by atoms with Gasteiger partial charge in [-0.15, -0.1) is 0 Å². The van der Waals surface area contributed by atoms with E-state index < -0.39 is 34.3 Å². The molecule has 0 aliphatic carbocycles. The summed E-state index contributed by atoms with van der Waals surface area (Å²) in [5, 5.41) is 2.84. The minimum absolute atomic E-state index is 0.0311. The first-order chi connectivity index (χ1) is 18.6. The lowest BCUT2D eigenvalue weighted by atomic mass is 10.1. The van der Waals surface area contributed by atoms with Crippen LogP contribution in [0, 0.1) is 5.82 Å². The molecular formula is C29H34FN3O5S. The van der Waals surface area contributed by atoms with E-state index in [1.165, 1.54) is 35.2 Å². The largest absolute Gasteiger partial charge is 0.497 e. The predicted molar refractivity (Wildman–Crippen MR) is 148 cm³/mol. The normalized spacial score (nSPS) is 12.1. The third-order valence-corrected chi connectivity index (χ3v) is 7.83. The molecule has 0 radical (unpaired) electrons. The van der Waals surface area contributed by atoms with Crippen LogP contribution in [0.25, 0.3) is 0 Å². The fourth-order valence-corrected chi connectivity index (χ4v) is 5.56. The number of halogens is 1. The molecule has 8 nitrogen and oxygen atoms in total. The van der Waals surface area contributed by atoms with Gasteiger partial charge in [-0.3, -0.25) is 13.9 Å². The van der Waals surface area contributed by atoms with Gasteiger partial charge >= 0.3 is 0 Å². The van der Waals surface area contributed by atoms with Gasteiger partial charge in [-0.05, 0) is 62.2 Å². The van der Waals surface area contributed by atoms with Crippen molar-refractivity contribution in [2.75, 3.05) is 18.0 Å². The first-order valence-corrected chi connectivity index (χ1v) is 14.1. The molecule has 0 aromatic heterocycles. The molecule has 0 saturated heterocycles. The topological polar surface area (TPSA) is 96.0 Å². The van der Waals surface area contributed by atoms with Crippen LogP contribution in [0.15, 0.2) is 83.8 Å². The molecule has 3 rings (SSSR count). The van der Waals surface area contributed by atoms with Crippen molar-refractivity contribution in [1.29, 1.82) is 0 Å². The number of para-hydroxylation sites is 1. The molecule has 0 heterocycles. The summed E-state index contributed by atoms with van der Waals surface area (Å²) in [6.45, 7) is 4.72. The Morgan fingerprint density at radius 3 is 2.13 bits per heavy atom. The number of hydrogen-bond donors (Lipinski definition) is 1. The summed E-state index contributed by atoms with van der Waals surface area (Å²) in [5.41, 5.74) is 0.446. The second kappa shape index (κ2) is 13.2. The van der Waals surface area contributed by atoms with E-state index in [-0.39, 0.29) is 35.5 Å². The van der Waals surface area contributed by atoms with Gasteiger partial charge in [-0.1, -0.05) is 49.4 Å². The summed E-state index contributed by atoms with van der Waals surface area (Å²) in [6.07, 6.45) is 0.283. The zero-order chi connectivity index (χ0) is 28.6. The van der Waals surface area contributed by atoms with Crippen LogP contribution in [0.4, 0.5) is 10.1 Å². The van der Waals surface area contributed by atoms with Gasteiger partial charge in [-0.2, -0.15) is 0 Å². The van der Waals surface area contributed by atoms with Crippen LogP contribution < -0.4 is 14.4 Å². The van der Waals surface area contributed by atoms with Gasteiger partial charge in [0.2, 0.25) is 11.8 Å². The number of hydrogen-bond acceptors (Lipinski definition) is 5. The fourth-order valence-electron chi connectivity index (χ4n) is 4.11. The summed E-state index contributed by atoms with van der Waals surface area (Å²) in [4.78, 5) is 28.3. The molecule has 0 saturated carbocycles. The highest BCUT2D eigenvalue weighted by atomic mass is 32.2. The van der Waals surface area contributed by atoms with Gasteiger partial charge in [0, 0.05) is 12.6 Å². The van der Waals surface area contributed by atoms with Crippen molar-refractivity contribution in [1.82, 2.24) is 10.2 Å². The minimum atomic E-state index is -4.33. The van der Waals surface area contributed by atoms with Crippen molar-refractivity contribution in [3.8, 4) is 5.75 Å². The standard InChI is InChI=1S/C29H34FN3O5S/c1-5-26(29(35)31-21(2)3)32(19-22-15-17-23(38-4)18-16-22)28(34)20-33(27-14-10-9-13-25(27)30)39(36,37)24-11-7-6-8-12-24/h6-18,21,26H,5,19-20H2,1-4H3,(H,31,35)/t26-/m1/s1. The Kier molecular flexibility index (Phi) is 10.1. The van der Waals surface area contributed by atoms with Crippen LogP contribution in [-0.4, -0.2) is 50.9 Å². The first kappa shape index (κ1) is 29.6. The maximum Gasteiger partial charge on any atom is 0.264 e. The number of rotatable bonds is 12. The van der Waals surface area contributed by atoms with E-state index in [1.54, 1.807) is 56.5 Å². The molecular weight excluding hydrogens is 521 g/mol. The number of nitrogens with zero attached hydrogens (tertiary/aromatic N) is 2. The van der Waals surface area contributed by atoms with Crippen molar-refractivity contribution in [2.45, 2.75) is 50.7 Å². The summed E-state index contributed by atoms with van der Waals surface area (Å²) >= 11 is 0. The van der Waals surface area contributed by atoms with Gasteiger partial charge in [0.1, 0.15) is 24.2 Å². The minimum Gasteiger partial charge on any atom is -0.497 e. The van der Waals surface area contributed by atoms with Crippen molar-refractivity contribution in [3.63, 3.8) is 0 Å². The molecule has 39 heavy (non-hydrogen) atoms. The van der Waals surface area contributed by atoms with Gasteiger partial charge in [0.25, 0.3) is 10.0 Å². The van der Waals surface area contributed by atoms with Crippen LogP contribution in [0.2, 0.25) is 0 Å². The molecule has 208 valence electrons. The van der Waals surface area contributed by atoms with Crippen molar-refractivity contribution >= 4 is 27.5 Å². The molecule has 0 spiro atoms. The Balaban J connectivity index is 2.05. The number of carbonyl (C=O) groups is 2. The number of sulfonamides is 1. The number of ether oxygens (including phenoxy) is 1. The molecule has 1 atom stereocenters. The Labute approximate surface area is 229 Å². The van der Waals surface area contributed by atoms with Crippen LogP contribution in [-0.2, 0) is 26.2 Å². The van der Waals surface area contributed by atoms with Crippen LogP contribution in [0.3, 0.4) is 0 Å². The molecule has 0 aliphatic rings. The average Bonchev–Trinajstić information content (AvgIpc) is 2.92. The smallest absolute Gasteiger partial charge is 0.264 e. The lowest BCUT2D eigenvalue weighted by molar-refractivity contribution is -0.140. The summed E-state index contributed by atoms with van der Waals surface area (Å²) < 4.78 is 48.3. The second-order valence-corrected chi connectivity index (χ2v) is 11.1. The van der Waals surface area contributed by atoms with Gasteiger partial charge < -0.3 is 15.0 Å². The fraction of sp³-hybridized carbons (Fsp3) is 0.310. The Hall–Kier alpha value is -3.92.